The maximum Gasteiger partial charge on any atom is 0.270 e. The first-order chi connectivity index (χ1) is 12.2. The number of halogens is 1. The fourth-order valence-electron chi connectivity index (χ4n) is 2.93. The second-order valence-electron chi connectivity index (χ2n) is 6.27. The summed E-state index contributed by atoms with van der Waals surface area (Å²) >= 11 is 8.67. The molecule has 2 amide bonds. The summed E-state index contributed by atoms with van der Waals surface area (Å²) in [6.45, 7) is 5.82. The number of thiocarbonyl (C=S) groups is 1. The van der Waals surface area contributed by atoms with Crippen LogP contribution in [0.15, 0.2) is 34.3 Å². The summed E-state index contributed by atoms with van der Waals surface area (Å²) in [6.07, 6.45) is 1.63. The molecule has 1 N–H and O–H groups in total. The van der Waals surface area contributed by atoms with Crippen molar-refractivity contribution in [2.75, 3.05) is 4.90 Å². The Morgan fingerprint density at radius 2 is 1.85 bits per heavy atom. The monoisotopic (exact) mass is 431 g/mol. The van der Waals surface area contributed by atoms with Gasteiger partial charge in [-0.1, -0.05) is 15.9 Å². The lowest BCUT2D eigenvalue weighted by molar-refractivity contribution is -0.122. The van der Waals surface area contributed by atoms with Crippen LogP contribution in [0.4, 0.5) is 5.69 Å². The normalized spacial score (nSPS) is 16.4. The molecule has 1 fully saturated rings. The number of amides is 2. The van der Waals surface area contributed by atoms with Crippen LogP contribution < -0.4 is 10.2 Å². The van der Waals surface area contributed by atoms with Crippen molar-refractivity contribution in [3.8, 4) is 0 Å². The van der Waals surface area contributed by atoms with Gasteiger partial charge in [-0.3, -0.25) is 19.8 Å². The maximum absolute atomic E-state index is 13.1. The van der Waals surface area contributed by atoms with Gasteiger partial charge in [0.15, 0.2) is 5.11 Å². The largest absolute Gasteiger partial charge is 0.352 e. The third kappa shape index (κ3) is 3.12. The SMILES string of the molecule is Cc1cc(Br)ccc1N1C(=O)/C(=C/c2cc(C)n(C)c2C)C(=O)NC1=S. The van der Waals surface area contributed by atoms with Crippen molar-refractivity contribution in [3.63, 3.8) is 0 Å². The topological polar surface area (TPSA) is 54.3 Å². The smallest absolute Gasteiger partial charge is 0.270 e. The van der Waals surface area contributed by atoms with Gasteiger partial charge >= 0.3 is 0 Å². The van der Waals surface area contributed by atoms with E-state index in [-0.39, 0.29) is 10.7 Å². The van der Waals surface area contributed by atoms with E-state index in [1.165, 1.54) is 4.90 Å². The van der Waals surface area contributed by atoms with Gasteiger partial charge in [0, 0.05) is 22.9 Å². The summed E-state index contributed by atoms with van der Waals surface area (Å²) in [4.78, 5) is 26.9. The number of nitrogens with zero attached hydrogens (tertiary/aromatic N) is 2. The molecule has 1 aliphatic heterocycles. The quantitative estimate of drug-likeness (QED) is 0.449. The fraction of sp³-hybridized carbons (Fsp3) is 0.211. The minimum Gasteiger partial charge on any atom is -0.352 e. The highest BCUT2D eigenvalue weighted by atomic mass is 79.9. The molecule has 0 spiro atoms. The first-order valence-electron chi connectivity index (χ1n) is 8.01. The number of carbonyl (C=O) groups excluding carboxylic acids is 2. The Hall–Kier alpha value is -2.25. The molecule has 0 aliphatic carbocycles. The zero-order valence-electron chi connectivity index (χ0n) is 14.9. The van der Waals surface area contributed by atoms with Gasteiger partial charge in [0.1, 0.15) is 5.57 Å². The Balaban J connectivity index is 2.08. The van der Waals surface area contributed by atoms with E-state index in [1.54, 1.807) is 12.1 Å². The van der Waals surface area contributed by atoms with E-state index in [1.807, 2.05) is 50.6 Å². The molecule has 5 nitrogen and oxygen atoms in total. The van der Waals surface area contributed by atoms with Gasteiger partial charge in [-0.15, -0.1) is 0 Å². The highest BCUT2D eigenvalue weighted by molar-refractivity contribution is 9.10. The van der Waals surface area contributed by atoms with E-state index in [9.17, 15) is 9.59 Å². The van der Waals surface area contributed by atoms with Gasteiger partial charge < -0.3 is 4.57 Å². The lowest BCUT2D eigenvalue weighted by atomic mass is 10.1. The summed E-state index contributed by atoms with van der Waals surface area (Å²) < 4.78 is 2.92. The molecule has 1 aromatic heterocycles. The Morgan fingerprint density at radius 1 is 1.15 bits per heavy atom. The van der Waals surface area contributed by atoms with Gasteiger partial charge in [-0.05, 0) is 74.5 Å². The van der Waals surface area contributed by atoms with Gasteiger partial charge in [0.25, 0.3) is 11.8 Å². The molecule has 0 bridgehead atoms. The number of aryl methyl sites for hydroxylation is 2. The summed E-state index contributed by atoms with van der Waals surface area (Å²) in [5.74, 6) is -0.906. The molecule has 2 aromatic rings. The van der Waals surface area contributed by atoms with Crippen LogP contribution in [-0.2, 0) is 16.6 Å². The van der Waals surface area contributed by atoms with Crippen LogP contribution in [0, 0.1) is 20.8 Å². The molecule has 0 atom stereocenters. The summed E-state index contributed by atoms with van der Waals surface area (Å²) in [6, 6.07) is 7.49. The van der Waals surface area contributed by atoms with Crippen molar-refractivity contribution in [2.24, 2.45) is 7.05 Å². The minimum atomic E-state index is -0.480. The van der Waals surface area contributed by atoms with E-state index in [0.717, 1.165) is 27.0 Å². The van der Waals surface area contributed by atoms with Crippen molar-refractivity contribution in [3.05, 3.63) is 56.8 Å². The average Bonchev–Trinajstić information content (AvgIpc) is 2.80. The molecule has 0 saturated carbocycles. The Bertz CT molecular complexity index is 991. The molecule has 0 unspecified atom stereocenters. The van der Waals surface area contributed by atoms with Crippen LogP contribution >= 0.6 is 28.1 Å². The number of aromatic nitrogens is 1. The Labute approximate surface area is 165 Å². The predicted molar refractivity (Wildman–Crippen MR) is 110 cm³/mol. The van der Waals surface area contributed by atoms with Crippen LogP contribution in [-0.4, -0.2) is 21.5 Å². The van der Waals surface area contributed by atoms with Gasteiger partial charge in [-0.25, -0.2) is 0 Å². The van der Waals surface area contributed by atoms with E-state index >= 15 is 0 Å². The predicted octanol–water partition coefficient (Wildman–Crippen LogP) is 3.54. The summed E-state index contributed by atoms with van der Waals surface area (Å²) in [5.41, 5.74) is 4.45. The molecular weight excluding hydrogens is 414 g/mol. The second kappa shape index (κ2) is 6.81. The van der Waals surface area contributed by atoms with Crippen molar-refractivity contribution < 1.29 is 9.59 Å². The van der Waals surface area contributed by atoms with E-state index in [4.69, 9.17) is 12.2 Å². The molecule has 1 aliphatic rings. The molecule has 1 saturated heterocycles. The van der Waals surface area contributed by atoms with Gasteiger partial charge in [0.05, 0.1) is 5.69 Å². The van der Waals surface area contributed by atoms with E-state index in [2.05, 4.69) is 21.2 Å². The number of benzene rings is 1. The standard InChI is InChI=1S/C19H18BrN3O2S/c1-10-7-14(20)5-6-16(10)23-18(25)15(17(24)21-19(23)26)9-13-8-11(2)22(4)12(13)3/h5-9H,1-4H3,(H,21,24,26)/b15-9+. The summed E-state index contributed by atoms with van der Waals surface area (Å²) in [7, 11) is 1.95. The zero-order chi connectivity index (χ0) is 19.2. The first-order valence-corrected chi connectivity index (χ1v) is 9.21. The Kier molecular flexibility index (Phi) is 4.86. The molecule has 3 rings (SSSR count). The van der Waals surface area contributed by atoms with Crippen LogP contribution in [0.25, 0.3) is 6.08 Å². The number of anilines is 1. The molecule has 0 radical (unpaired) electrons. The highest BCUT2D eigenvalue weighted by Gasteiger charge is 2.35. The highest BCUT2D eigenvalue weighted by Crippen LogP contribution is 2.28. The number of nitrogens with one attached hydrogen (secondary N) is 1. The lowest BCUT2D eigenvalue weighted by Gasteiger charge is -2.30. The third-order valence-corrected chi connectivity index (χ3v) is 5.39. The fourth-order valence-corrected chi connectivity index (χ4v) is 3.68. The second-order valence-corrected chi connectivity index (χ2v) is 7.58. The van der Waals surface area contributed by atoms with Crippen molar-refractivity contribution in [1.29, 1.82) is 0 Å². The lowest BCUT2D eigenvalue weighted by Crippen LogP contribution is -2.54. The maximum atomic E-state index is 13.1. The zero-order valence-corrected chi connectivity index (χ0v) is 17.3. The number of carbonyl (C=O) groups is 2. The summed E-state index contributed by atoms with van der Waals surface area (Å²) in [5, 5.41) is 2.71. The van der Waals surface area contributed by atoms with Crippen LogP contribution in [0.2, 0.25) is 0 Å². The van der Waals surface area contributed by atoms with Crippen LogP contribution in [0.5, 0.6) is 0 Å². The average molecular weight is 432 g/mol. The molecule has 26 heavy (non-hydrogen) atoms. The van der Waals surface area contributed by atoms with E-state index in [0.29, 0.717) is 5.69 Å². The molecule has 2 heterocycles. The van der Waals surface area contributed by atoms with Gasteiger partial charge in [0.2, 0.25) is 0 Å². The number of hydrogen-bond donors (Lipinski definition) is 1. The van der Waals surface area contributed by atoms with Crippen molar-refractivity contribution in [1.82, 2.24) is 9.88 Å². The molecular formula is C19H18BrN3O2S. The molecule has 1 aromatic carbocycles. The first kappa shape index (κ1) is 18.5. The molecule has 7 heteroatoms. The molecule has 134 valence electrons. The van der Waals surface area contributed by atoms with Crippen LogP contribution in [0.1, 0.15) is 22.5 Å². The number of hydrogen-bond acceptors (Lipinski definition) is 3. The third-order valence-electron chi connectivity index (χ3n) is 4.62. The minimum absolute atomic E-state index is 0.0645. The van der Waals surface area contributed by atoms with Crippen LogP contribution in [0.3, 0.4) is 0 Å². The number of rotatable bonds is 2. The van der Waals surface area contributed by atoms with E-state index < -0.39 is 11.8 Å². The van der Waals surface area contributed by atoms with Crippen molar-refractivity contribution in [2.45, 2.75) is 20.8 Å². The Morgan fingerprint density at radius 3 is 2.42 bits per heavy atom. The van der Waals surface area contributed by atoms with Crippen molar-refractivity contribution >= 4 is 56.8 Å². The van der Waals surface area contributed by atoms with Gasteiger partial charge in [-0.2, -0.15) is 0 Å².